The van der Waals surface area contributed by atoms with Crippen LogP contribution in [0.4, 0.5) is 5.95 Å². The zero-order valence-corrected chi connectivity index (χ0v) is 10.7. The minimum atomic E-state index is 0.364. The molecule has 0 spiro atoms. The molecular weight excluding hydrogens is 242 g/mol. The highest BCUT2D eigenvalue weighted by Gasteiger charge is 2.16. The molecule has 19 heavy (non-hydrogen) atoms. The van der Waals surface area contributed by atoms with Gasteiger partial charge in [-0.3, -0.25) is 4.57 Å². The molecule has 2 N–H and O–H groups in total. The number of hydrogen-bond acceptors (Lipinski definition) is 5. The van der Waals surface area contributed by atoms with Crippen LogP contribution in [0.5, 0.6) is 5.88 Å². The number of para-hydroxylation sites is 1. The number of rotatable bonds is 2. The molecule has 0 saturated heterocycles. The lowest BCUT2D eigenvalue weighted by molar-refractivity contribution is 0.401. The Labute approximate surface area is 109 Å². The van der Waals surface area contributed by atoms with Gasteiger partial charge in [0.25, 0.3) is 0 Å². The van der Waals surface area contributed by atoms with Crippen LogP contribution in [-0.2, 0) is 0 Å². The fourth-order valence-corrected chi connectivity index (χ4v) is 2.09. The first-order valence-electron chi connectivity index (χ1n) is 5.81. The topological polar surface area (TPSA) is 78.8 Å². The summed E-state index contributed by atoms with van der Waals surface area (Å²) in [4.78, 5) is 12.6. The maximum Gasteiger partial charge on any atom is 0.245 e. The lowest BCUT2D eigenvalue weighted by Crippen LogP contribution is -2.03. The van der Waals surface area contributed by atoms with Gasteiger partial charge in [0.2, 0.25) is 11.8 Å². The molecule has 2 heterocycles. The van der Waals surface area contributed by atoms with Gasteiger partial charge in [-0.05, 0) is 18.6 Å². The molecule has 6 nitrogen and oxygen atoms in total. The molecule has 0 atom stereocenters. The highest BCUT2D eigenvalue weighted by Crippen LogP contribution is 2.27. The van der Waals surface area contributed by atoms with E-state index in [1.165, 1.54) is 6.33 Å². The van der Waals surface area contributed by atoms with Crippen molar-refractivity contribution in [2.45, 2.75) is 6.92 Å². The zero-order valence-electron chi connectivity index (χ0n) is 10.7. The summed E-state index contributed by atoms with van der Waals surface area (Å²) in [6.07, 6.45) is 1.44. The van der Waals surface area contributed by atoms with Gasteiger partial charge in [0.05, 0.1) is 12.8 Å². The number of hydrogen-bond donors (Lipinski definition) is 1. The van der Waals surface area contributed by atoms with E-state index in [9.17, 15) is 0 Å². The van der Waals surface area contributed by atoms with E-state index in [0.717, 1.165) is 11.3 Å². The molecule has 0 aliphatic carbocycles. The molecule has 0 amide bonds. The zero-order chi connectivity index (χ0) is 13.4. The summed E-state index contributed by atoms with van der Waals surface area (Å²) in [5, 5.41) is 0. The first-order valence-corrected chi connectivity index (χ1v) is 5.81. The number of ether oxygens (including phenoxy) is 1. The summed E-state index contributed by atoms with van der Waals surface area (Å²) in [7, 11) is 1.55. The standard InChI is InChI=1S/C13H13N5O/c1-8-5-3-4-6-9(8)18-11-10(17-13(18)14)12(19-2)16-7-15-11/h3-7H,1-2H3,(H2,14,17). The van der Waals surface area contributed by atoms with Gasteiger partial charge < -0.3 is 10.5 Å². The molecule has 0 bridgehead atoms. The van der Waals surface area contributed by atoms with Gasteiger partial charge in [0.1, 0.15) is 6.33 Å². The van der Waals surface area contributed by atoms with Crippen molar-refractivity contribution in [3.8, 4) is 11.6 Å². The number of nitrogens with zero attached hydrogens (tertiary/aromatic N) is 4. The van der Waals surface area contributed by atoms with Gasteiger partial charge >= 0.3 is 0 Å². The monoisotopic (exact) mass is 255 g/mol. The lowest BCUT2D eigenvalue weighted by atomic mass is 10.2. The molecule has 3 rings (SSSR count). The number of benzene rings is 1. The summed E-state index contributed by atoms with van der Waals surface area (Å²) in [5.41, 5.74) is 9.24. The molecule has 3 aromatic rings. The van der Waals surface area contributed by atoms with Crippen molar-refractivity contribution in [3.63, 3.8) is 0 Å². The third-order valence-corrected chi connectivity index (χ3v) is 2.99. The number of nitrogen functional groups attached to an aromatic ring is 1. The van der Waals surface area contributed by atoms with Crippen LogP contribution in [0.3, 0.4) is 0 Å². The maximum absolute atomic E-state index is 6.01. The molecule has 0 aliphatic rings. The van der Waals surface area contributed by atoms with Crippen molar-refractivity contribution in [2.75, 3.05) is 12.8 Å². The molecule has 0 radical (unpaired) electrons. The van der Waals surface area contributed by atoms with E-state index >= 15 is 0 Å². The molecule has 0 unspecified atom stereocenters. The first-order chi connectivity index (χ1) is 9.22. The predicted octanol–water partition coefficient (Wildman–Crippen LogP) is 1.71. The molecule has 0 aliphatic heterocycles. The summed E-state index contributed by atoms with van der Waals surface area (Å²) >= 11 is 0. The van der Waals surface area contributed by atoms with Crippen molar-refractivity contribution in [2.24, 2.45) is 0 Å². The Morgan fingerprint density at radius 2 is 2.00 bits per heavy atom. The maximum atomic E-state index is 6.01. The Hall–Kier alpha value is -2.63. The van der Waals surface area contributed by atoms with E-state index in [4.69, 9.17) is 10.5 Å². The molecule has 2 aromatic heterocycles. The third-order valence-electron chi connectivity index (χ3n) is 2.99. The number of anilines is 1. The highest BCUT2D eigenvalue weighted by molar-refractivity contribution is 5.81. The van der Waals surface area contributed by atoms with E-state index in [0.29, 0.717) is 23.0 Å². The fourth-order valence-electron chi connectivity index (χ4n) is 2.09. The van der Waals surface area contributed by atoms with E-state index in [1.54, 1.807) is 11.7 Å². The second-order valence-electron chi connectivity index (χ2n) is 4.15. The van der Waals surface area contributed by atoms with Crippen molar-refractivity contribution >= 4 is 17.1 Å². The quantitative estimate of drug-likeness (QED) is 0.754. The van der Waals surface area contributed by atoms with Crippen LogP contribution in [-0.4, -0.2) is 26.6 Å². The first kappa shape index (κ1) is 11.5. The molecule has 0 saturated carbocycles. The minimum absolute atomic E-state index is 0.364. The van der Waals surface area contributed by atoms with Crippen LogP contribution in [0.25, 0.3) is 16.9 Å². The Morgan fingerprint density at radius 3 is 2.74 bits per heavy atom. The molecule has 0 fully saturated rings. The number of nitrogens with two attached hydrogens (primary N) is 1. The molecule has 1 aromatic carbocycles. The summed E-state index contributed by atoms with van der Waals surface area (Å²) in [5.74, 6) is 0.784. The fraction of sp³-hybridized carbons (Fsp3) is 0.154. The van der Waals surface area contributed by atoms with Crippen molar-refractivity contribution < 1.29 is 4.74 Å². The largest absolute Gasteiger partial charge is 0.479 e. The number of fused-ring (bicyclic) bond motifs is 1. The smallest absolute Gasteiger partial charge is 0.245 e. The minimum Gasteiger partial charge on any atom is -0.479 e. The predicted molar refractivity (Wildman–Crippen MR) is 72.4 cm³/mol. The van der Waals surface area contributed by atoms with Crippen LogP contribution in [0.15, 0.2) is 30.6 Å². The van der Waals surface area contributed by atoms with Crippen LogP contribution in [0, 0.1) is 6.92 Å². The highest BCUT2D eigenvalue weighted by atomic mass is 16.5. The van der Waals surface area contributed by atoms with E-state index in [-0.39, 0.29) is 0 Å². The summed E-state index contributed by atoms with van der Waals surface area (Å²) in [6, 6.07) is 7.91. The molecule has 96 valence electrons. The average Bonchev–Trinajstić information content (AvgIpc) is 2.75. The Balaban J connectivity index is 2.36. The van der Waals surface area contributed by atoms with Gasteiger partial charge in [0, 0.05) is 0 Å². The summed E-state index contributed by atoms with van der Waals surface area (Å²) in [6.45, 7) is 2.01. The number of aryl methyl sites for hydroxylation is 1. The lowest BCUT2D eigenvalue weighted by Gasteiger charge is -2.08. The normalized spacial score (nSPS) is 10.8. The van der Waals surface area contributed by atoms with Gasteiger partial charge in [-0.25, -0.2) is 9.97 Å². The van der Waals surface area contributed by atoms with Crippen LogP contribution in [0.2, 0.25) is 0 Å². The van der Waals surface area contributed by atoms with Gasteiger partial charge in [0.15, 0.2) is 11.2 Å². The average molecular weight is 255 g/mol. The number of aromatic nitrogens is 4. The summed E-state index contributed by atoms with van der Waals surface area (Å²) < 4.78 is 6.98. The SMILES string of the molecule is COc1ncnc2c1nc(N)n2-c1ccccc1C. The van der Waals surface area contributed by atoms with Crippen LogP contribution in [0.1, 0.15) is 5.56 Å². The Bertz CT molecular complexity index is 750. The Morgan fingerprint density at radius 1 is 1.21 bits per heavy atom. The second-order valence-corrected chi connectivity index (χ2v) is 4.15. The van der Waals surface area contributed by atoms with Gasteiger partial charge in [-0.15, -0.1) is 0 Å². The van der Waals surface area contributed by atoms with Crippen LogP contribution < -0.4 is 10.5 Å². The molecular formula is C13H13N5O. The van der Waals surface area contributed by atoms with Crippen molar-refractivity contribution in [1.82, 2.24) is 19.5 Å². The Kier molecular flexibility index (Phi) is 2.56. The molecule has 6 heteroatoms. The van der Waals surface area contributed by atoms with Crippen molar-refractivity contribution in [1.29, 1.82) is 0 Å². The van der Waals surface area contributed by atoms with Gasteiger partial charge in [-0.2, -0.15) is 4.98 Å². The van der Waals surface area contributed by atoms with E-state index in [2.05, 4.69) is 15.0 Å². The van der Waals surface area contributed by atoms with Crippen molar-refractivity contribution in [3.05, 3.63) is 36.2 Å². The van der Waals surface area contributed by atoms with E-state index in [1.807, 2.05) is 31.2 Å². The van der Waals surface area contributed by atoms with Crippen LogP contribution >= 0.6 is 0 Å². The second kappa shape index (κ2) is 4.24. The number of imidazole rings is 1. The number of methoxy groups -OCH3 is 1. The van der Waals surface area contributed by atoms with E-state index < -0.39 is 0 Å². The third kappa shape index (κ3) is 1.69. The van der Waals surface area contributed by atoms with Gasteiger partial charge in [-0.1, -0.05) is 18.2 Å².